The van der Waals surface area contributed by atoms with Crippen LogP contribution in [0, 0.1) is 0 Å². The van der Waals surface area contributed by atoms with Gasteiger partial charge in [0.15, 0.2) is 0 Å². The minimum absolute atomic E-state index is 0.0876. The van der Waals surface area contributed by atoms with Gasteiger partial charge in [0.1, 0.15) is 16.9 Å². The molecule has 0 aromatic heterocycles. The molecule has 0 aliphatic rings. The molecule has 0 saturated carbocycles. The lowest BCUT2D eigenvalue weighted by Crippen LogP contribution is -2.24. The first-order valence-electron chi connectivity index (χ1n) is 6.58. The number of benzene rings is 1. The van der Waals surface area contributed by atoms with E-state index in [1.54, 1.807) is 32.9 Å². The molecule has 0 aliphatic carbocycles. The quantitative estimate of drug-likeness (QED) is 0.830. The van der Waals surface area contributed by atoms with Crippen LogP contribution in [-0.2, 0) is 9.53 Å². The van der Waals surface area contributed by atoms with Crippen LogP contribution >= 0.6 is 11.8 Å². The SMILES string of the molecule is CC(C)(C)OC(=O)c1ccccc1OC(=O)SCCC(=O)O. The highest BCUT2D eigenvalue weighted by molar-refractivity contribution is 8.13. The van der Waals surface area contributed by atoms with Crippen molar-refractivity contribution in [2.75, 3.05) is 5.75 Å². The number of carbonyl (C=O) groups excluding carboxylic acids is 2. The van der Waals surface area contributed by atoms with Crippen LogP contribution in [0.15, 0.2) is 24.3 Å². The molecule has 0 radical (unpaired) electrons. The maximum absolute atomic E-state index is 12.1. The first-order chi connectivity index (χ1) is 10.2. The van der Waals surface area contributed by atoms with E-state index in [2.05, 4.69) is 0 Å². The Kier molecular flexibility index (Phi) is 6.42. The number of carboxylic acids is 1. The lowest BCUT2D eigenvalue weighted by atomic mass is 10.1. The molecule has 0 fully saturated rings. The van der Waals surface area contributed by atoms with Gasteiger partial charge in [0.25, 0.3) is 0 Å². The Labute approximate surface area is 132 Å². The summed E-state index contributed by atoms with van der Waals surface area (Å²) in [6.45, 7) is 5.21. The molecule has 1 aromatic carbocycles. The van der Waals surface area contributed by atoms with Crippen LogP contribution in [0.4, 0.5) is 4.79 Å². The second kappa shape index (κ2) is 7.84. The van der Waals surface area contributed by atoms with Gasteiger partial charge in [0.05, 0.1) is 6.42 Å². The highest BCUT2D eigenvalue weighted by atomic mass is 32.2. The molecule has 22 heavy (non-hydrogen) atoms. The van der Waals surface area contributed by atoms with E-state index in [0.717, 1.165) is 11.8 Å². The first kappa shape index (κ1) is 18.0. The summed E-state index contributed by atoms with van der Waals surface area (Å²) in [6.07, 6.45) is -0.145. The summed E-state index contributed by atoms with van der Waals surface area (Å²) in [5, 5.41) is 7.85. The molecule has 1 N–H and O–H groups in total. The van der Waals surface area contributed by atoms with Crippen LogP contribution in [0.25, 0.3) is 0 Å². The van der Waals surface area contributed by atoms with Gasteiger partial charge in [-0.05, 0) is 44.7 Å². The van der Waals surface area contributed by atoms with E-state index >= 15 is 0 Å². The smallest absolute Gasteiger partial charge is 0.372 e. The van der Waals surface area contributed by atoms with Gasteiger partial charge >= 0.3 is 17.2 Å². The zero-order valence-corrected chi connectivity index (χ0v) is 13.4. The number of carbonyl (C=O) groups is 3. The van der Waals surface area contributed by atoms with Gasteiger partial charge in [0, 0.05) is 5.75 Å². The van der Waals surface area contributed by atoms with Crippen molar-refractivity contribution in [2.24, 2.45) is 0 Å². The molecule has 0 aliphatic heterocycles. The summed E-state index contributed by atoms with van der Waals surface area (Å²) in [4.78, 5) is 34.1. The molecule has 0 unspecified atom stereocenters. The highest BCUT2D eigenvalue weighted by Crippen LogP contribution is 2.23. The summed E-state index contributed by atoms with van der Waals surface area (Å²) in [6, 6.07) is 6.24. The van der Waals surface area contributed by atoms with Crippen molar-refractivity contribution in [3.8, 4) is 5.75 Å². The van der Waals surface area contributed by atoms with E-state index in [1.165, 1.54) is 12.1 Å². The lowest BCUT2D eigenvalue weighted by Gasteiger charge is -2.20. The molecule has 0 atom stereocenters. The Morgan fingerprint density at radius 1 is 1.18 bits per heavy atom. The predicted octanol–water partition coefficient (Wildman–Crippen LogP) is 3.35. The van der Waals surface area contributed by atoms with Gasteiger partial charge in [0.2, 0.25) is 0 Å². The van der Waals surface area contributed by atoms with Gasteiger partial charge in [-0.15, -0.1) is 0 Å². The van der Waals surface area contributed by atoms with Crippen molar-refractivity contribution in [1.82, 2.24) is 0 Å². The number of rotatable bonds is 5. The Balaban J connectivity index is 2.73. The van der Waals surface area contributed by atoms with Crippen LogP contribution in [-0.4, -0.2) is 33.7 Å². The number of ether oxygens (including phenoxy) is 2. The second-order valence-electron chi connectivity index (χ2n) is 5.34. The van der Waals surface area contributed by atoms with Crippen LogP contribution in [0.2, 0.25) is 0 Å². The average molecular weight is 326 g/mol. The van der Waals surface area contributed by atoms with E-state index in [9.17, 15) is 14.4 Å². The van der Waals surface area contributed by atoms with Crippen LogP contribution in [0.5, 0.6) is 5.75 Å². The molecule has 0 bridgehead atoms. The van der Waals surface area contributed by atoms with Gasteiger partial charge in [-0.25, -0.2) is 9.59 Å². The third-order valence-electron chi connectivity index (χ3n) is 2.23. The molecule has 0 heterocycles. The minimum Gasteiger partial charge on any atom is -0.481 e. The standard InChI is InChI=1S/C15H18O6S/c1-15(2,3)21-13(18)10-6-4-5-7-11(10)20-14(19)22-9-8-12(16)17/h4-7H,8-9H2,1-3H3,(H,16,17). The number of hydrogen-bond donors (Lipinski definition) is 1. The average Bonchev–Trinajstić information content (AvgIpc) is 2.36. The summed E-state index contributed by atoms with van der Waals surface area (Å²) in [5.41, 5.74) is -0.519. The highest BCUT2D eigenvalue weighted by Gasteiger charge is 2.22. The molecule has 0 saturated heterocycles. The molecule has 0 amide bonds. The number of esters is 1. The normalized spacial score (nSPS) is 10.9. The molecule has 0 spiro atoms. The fraction of sp³-hybridized carbons (Fsp3) is 0.400. The third kappa shape index (κ3) is 6.62. The molecular formula is C15H18O6S. The zero-order valence-electron chi connectivity index (χ0n) is 12.6. The van der Waals surface area contributed by atoms with E-state index in [-0.39, 0.29) is 23.5 Å². The van der Waals surface area contributed by atoms with Crippen molar-refractivity contribution in [2.45, 2.75) is 32.8 Å². The van der Waals surface area contributed by atoms with E-state index in [4.69, 9.17) is 14.6 Å². The number of para-hydroxylation sites is 1. The molecule has 7 heteroatoms. The van der Waals surface area contributed by atoms with Crippen LogP contribution in [0.1, 0.15) is 37.6 Å². The zero-order chi connectivity index (χ0) is 16.8. The van der Waals surface area contributed by atoms with Crippen LogP contribution < -0.4 is 4.74 Å². The minimum atomic E-state index is -0.991. The third-order valence-corrected chi connectivity index (χ3v) is 2.96. The molecule has 6 nitrogen and oxygen atoms in total. The number of carboxylic acid groups (broad SMARTS) is 1. The molecular weight excluding hydrogens is 308 g/mol. The van der Waals surface area contributed by atoms with E-state index in [0.29, 0.717) is 0 Å². The molecule has 1 rings (SSSR count). The fourth-order valence-electron chi connectivity index (χ4n) is 1.40. The van der Waals surface area contributed by atoms with Gasteiger partial charge in [-0.2, -0.15) is 0 Å². The van der Waals surface area contributed by atoms with Gasteiger partial charge in [-0.3, -0.25) is 4.79 Å². The van der Waals surface area contributed by atoms with Crippen LogP contribution in [0.3, 0.4) is 0 Å². The Bertz CT molecular complexity index is 561. The van der Waals surface area contributed by atoms with E-state index in [1.807, 2.05) is 0 Å². The topological polar surface area (TPSA) is 89.9 Å². The molecule has 1 aromatic rings. The summed E-state index contributed by atoms with van der Waals surface area (Å²) >= 11 is 0.739. The fourth-order valence-corrected chi connectivity index (χ4v) is 1.99. The number of aliphatic carboxylic acids is 1. The van der Waals surface area contributed by atoms with Crippen molar-refractivity contribution < 1.29 is 29.0 Å². The number of hydrogen-bond acceptors (Lipinski definition) is 6. The maximum atomic E-state index is 12.1. The summed E-state index contributed by atoms with van der Waals surface area (Å²) in [5.74, 6) is -1.39. The summed E-state index contributed by atoms with van der Waals surface area (Å²) < 4.78 is 10.3. The first-order valence-corrected chi connectivity index (χ1v) is 7.56. The van der Waals surface area contributed by atoms with Gasteiger partial charge < -0.3 is 14.6 Å². The molecule has 120 valence electrons. The number of thioether (sulfide) groups is 1. The maximum Gasteiger partial charge on any atom is 0.372 e. The Morgan fingerprint density at radius 2 is 1.82 bits per heavy atom. The van der Waals surface area contributed by atoms with Crippen molar-refractivity contribution in [3.05, 3.63) is 29.8 Å². The lowest BCUT2D eigenvalue weighted by molar-refractivity contribution is -0.136. The second-order valence-corrected chi connectivity index (χ2v) is 6.37. The Hall–Kier alpha value is -2.02. The summed E-state index contributed by atoms with van der Waals surface area (Å²) in [7, 11) is 0. The van der Waals surface area contributed by atoms with Gasteiger partial charge in [-0.1, -0.05) is 12.1 Å². The van der Waals surface area contributed by atoms with Crippen molar-refractivity contribution >= 4 is 29.0 Å². The monoisotopic (exact) mass is 326 g/mol. The largest absolute Gasteiger partial charge is 0.481 e. The van der Waals surface area contributed by atoms with Crippen molar-refractivity contribution in [3.63, 3.8) is 0 Å². The predicted molar refractivity (Wildman–Crippen MR) is 82.3 cm³/mol. The Morgan fingerprint density at radius 3 is 2.41 bits per heavy atom. The van der Waals surface area contributed by atoms with E-state index < -0.39 is 22.8 Å². The van der Waals surface area contributed by atoms with Crippen molar-refractivity contribution in [1.29, 1.82) is 0 Å².